The number of hydrogen-bond donors (Lipinski definition) is 1. The van der Waals surface area contributed by atoms with Crippen molar-refractivity contribution >= 4 is 11.7 Å². The molecule has 2 amide bonds. The number of nitrogens with zero attached hydrogens (tertiary/aromatic N) is 1. The summed E-state index contributed by atoms with van der Waals surface area (Å²) in [4.78, 5) is 14.3. The van der Waals surface area contributed by atoms with E-state index >= 15 is 0 Å². The Kier molecular flexibility index (Phi) is 7.13. The normalized spacial score (nSPS) is 10.4. The number of carbonyl (C=O) groups is 1. The van der Waals surface area contributed by atoms with Crippen LogP contribution >= 0.6 is 0 Å². The molecule has 112 valence electrons. The molecule has 0 saturated carbocycles. The molecular weight excluding hydrogens is 248 g/mol. The Morgan fingerprint density at radius 2 is 1.50 bits per heavy atom. The minimum Gasteiger partial charge on any atom is -0.325 e. The summed E-state index contributed by atoms with van der Waals surface area (Å²) in [6, 6.07) is 6.17. The topological polar surface area (TPSA) is 32.3 Å². The van der Waals surface area contributed by atoms with Gasteiger partial charge in [-0.1, -0.05) is 32.8 Å². The maximum atomic E-state index is 12.4. The molecule has 0 bridgehead atoms. The summed E-state index contributed by atoms with van der Waals surface area (Å²) in [5.41, 5.74) is 3.24. The number of urea groups is 1. The summed E-state index contributed by atoms with van der Waals surface area (Å²) >= 11 is 0. The minimum absolute atomic E-state index is 0.0249. The van der Waals surface area contributed by atoms with E-state index in [2.05, 4.69) is 39.1 Å². The van der Waals surface area contributed by atoms with Gasteiger partial charge in [-0.3, -0.25) is 0 Å². The highest BCUT2D eigenvalue weighted by atomic mass is 16.2. The Bertz CT molecular complexity index is 401. The third kappa shape index (κ3) is 5.64. The molecule has 20 heavy (non-hydrogen) atoms. The fourth-order valence-corrected chi connectivity index (χ4v) is 2.26. The van der Waals surface area contributed by atoms with Gasteiger partial charge in [0.1, 0.15) is 0 Å². The van der Waals surface area contributed by atoms with Crippen LogP contribution in [0.5, 0.6) is 0 Å². The van der Waals surface area contributed by atoms with Crippen LogP contribution in [0.4, 0.5) is 10.5 Å². The second-order valence-electron chi connectivity index (χ2n) is 5.50. The van der Waals surface area contributed by atoms with Crippen LogP contribution in [0, 0.1) is 13.8 Å². The fourth-order valence-electron chi connectivity index (χ4n) is 2.26. The summed E-state index contributed by atoms with van der Waals surface area (Å²) in [6.07, 6.45) is 4.34. The van der Waals surface area contributed by atoms with Crippen molar-refractivity contribution in [1.82, 2.24) is 4.90 Å². The molecule has 0 aliphatic rings. The van der Waals surface area contributed by atoms with Gasteiger partial charge in [0.2, 0.25) is 0 Å². The molecule has 0 aromatic heterocycles. The summed E-state index contributed by atoms with van der Waals surface area (Å²) in [5, 5.41) is 3.03. The lowest BCUT2D eigenvalue weighted by molar-refractivity contribution is 0.210. The molecule has 3 nitrogen and oxygen atoms in total. The number of unbranched alkanes of at least 4 members (excludes halogenated alkanes) is 2. The van der Waals surface area contributed by atoms with E-state index in [1.165, 1.54) is 11.1 Å². The zero-order valence-electron chi connectivity index (χ0n) is 13.3. The van der Waals surface area contributed by atoms with Crippen LogP contribution < -0.4 is 5.32 Å². The first-order chi connectivity index (χ1) is 9.56. The zero-order chi connectivity index (χ0) is 15.0. The van der Waals surface area contributed by atoms with Crippen molar-refractivity contribution in [2.75, 3.05) is 18.4 Å². The summed E-state index contributed by atoms with van der Waals surface area (Å²) in [6.45, 7) is 10.1. The molecule has 0 aliphatic heterocycles. The first-order valence-electron chi connectivity index (χ1n) is 7.71. The molecule has 0 heterocycles. The predicted octanol–water partition coefficient (Wildman–Crippen LogP) is 4.74. The monoisotopic (exact) mass is 276 g/mol. The molecule has 3 heteroatoms. The molecule has 1 rings (SSSR count). The maximum absolute atomic E-state index is 12.4. The SMILES string of the molecule is CCCCN(CCCC)C(=O)Nc1cc(C)cc(C)c1. The number of benzene rings is 1. The van der Waals surface area contributed by atoms with E-state index in [1.54, 1.807) is 0 Å². The van der Waals surface area contributed by atoms with Crippen LogP contribution in [0.15, 0.2) is 18.2 Å². The lowest BCUT2D eigenvalue weighted by Crippen LogP contribution is -2.36. The van der Waals surface area contributed by atoms with Crippen molar-refractivity contribution in [3.63, 3.8) is 0 Å². The molecule has 1 N–H and O–H groups in total. The highest BCUT2D eigenvalue weighted by molar-refractivity contribution is 5.89. The number of hydrogen-bond acceptors (Lipinski definition) is 1. The largest absolute Gasteiger partial charge is 0.325 e. The van der Waals surface area contributed by atoms with Gasteiger partial charge >= 0.3 is 6.03 Å². The Labute approximate surface area is 123 Å². The van der Waals surface area contributed by atoms with Crippen molar-refractivity contribution in [3.8, 4) is 0 Å². The highest BCUT2D eigenvalue weighted by Crippen LogP contribution is 2.14. The van der Waals surface area contributed by atoms with Crippen molar-refractivity contribution < 1.29 is 4.79 Å². The van der Waals surface area contributed by atoms with Gasteiger partial charge in [-0.2, -0.15) is 0 Å². The first-order valence-corrected chi connectivity index (χ1v) is 7.71. The molecule has 1 aromatic rings. The average Bonchev–Trinajstić information content (AvgIpc) is 2.37. The minimum atomic E-state index is 0.0249. The molecule has 0 fully saturated rings. The zero-order valence-corrected chi connectivity index (χ0v) is 13.3. The van der Waals surface area contributed by atoms with Gasteiger partial charge in [-0.25, -0.2) is 4.79 Å². The summed E-state index contributed by atoms with van der Waals surface area (Å²) in [7, 11) is 0. The van der Waals surface area contributed by atoms with Gasteiger partial charge in [-0.15, -0.1) is 0 Å². The van der Waals surface area contributed by atoms with Gasteiger partial charge in [0.25, 0.3) is 0 Å². The number of aryl methyl sites for hydroxylation is 2. The van der Waals surface area contributed by atoms with E-state index in [0.717, 1.165) is 44.5 Å². The van der Waals surface area contributed by atoms with Crippen LogP contribution in [0.1, 0.15) is 50.7 Å². The van der Waals surface area contributed by atoms with Crippen molar-refractivity contribution in [1.29, 1.82) is 0 Å². The molecule has 0 saturated heterocycles. The molecule has 0 unspecified atom stereocenters. The first kappa shape index (κ1) is 16.5. The molecular formula is C17H28N2O. The Hall–Kier alpha value is -1.51. The molecule has 0 spiro atoms. The predicted molar refractivity (Wildman–Crippen MR) is 86.3 cm³/mol. The van der Waals surface area contributed by atoms with Crippen molar-refractivity contribution in [2.45, 2.75) is 53.4 Å². The maximum Gasteiger partial charge on any atom is 0.321 e. The standard InChI is InChI=1S/C17H28N2O/c1-5-7-9-19(10-8-6-2)17(20)18-16-12-14(3)11-15(4)13-16/h11-13H,5-10H2,1-4H3,(H,18,20). The number of anilines is 1. The number of carbonyl (C=O) groups excluding carboxylic acids is 1. The molecule has 1 aromatic carbocycles. The quantitative estimate of drug-likeness (QED) is 0.766. The lowest BCUT2D eigenvalue weighted by atomic mass is 10.1. The van der Waals surface area contributed by atoms with Crippen molar-refractivity contribution in [2.24, 2.45) is 0 Å². The molecule has 0 aliphatic carbocycles. The third-order valence-corrected chi connectivity index (χ3v) is 3.32. The summed E-state index contributed by atoms with van der Waals surface area (Å²) in [5.74, 6) is 0. The van der Waals surface area contributed by atoms with E-state index in [0.29, 0.717) is 0 Å². The lowest BCUT2D eigenvalue weighted by Gasteiger charge is -2.23. The summed E-state index contributed by atoms with van der Waals surface area (Å²) < 4.78 is 0. The van der Waals surface area contributed by atoms with E-state index in [4.69, 9.17) is 0 Å². The van der Waals surface area contributed by atoms with Gasteiger partial charge < -0.3 is 10.2 Å². The van der Waals surface area contributed by atoms with Gasteiger partial charge in [0, 0.05) is 18.8 Å². The van der Waals surface area contributed by atoms with Gasteiger partial charge in [0.15, 0.2) is 0 Å². The second kappa shape index (κ2) is 8.62. The van der Waals surface area contributed by atoms with E-state index in [1.807, 2.05) is 17.0 Å². The second-order valence-corrected chi connectivity index (χ2v) is 5.50. The smallest absolute Gasteiger partial charge is 0.321 e. The average molecular weight is 276 g/mol. The Balaban J connectivity index is 2.68. The van der Waals surface area contributed by atoms with Crippen LogP contribution in [-0.2, 0) is 0 Å². The van der Waals surface area contributed by atoms with Crippen LogP contribution in [0.3, 0.4) is 0 Å². The fraction of sp³-hybridized carbons (Fsp3) is 0.588. The van der Waals surface area contributed by atoms with E-state index in [9.17, 15) is 4.79 Å². The van der Waals surface area contributed by atoms with Crippen molar-refractivity contribution in [3.05, 3.63) is 29.3 Å². The van der Waals surface area contributed by atoms with Crippen LogP contribution in [-0.4, -0.2) is 24.0 Å². The highest BCUT2D eigenvalue weighted by Gasteiger charge is 2.12. The van der Waals surface area contributed by atoms with Crippen LogP contribution in [0.2, 0.25) is 0 Å². The van der Waals surface area contributed by atoms with Crippen LogP contribution in [0.25, 0.3) is 0 Å². The molecule has 0 atom stereocenters. The number of rotatable bonds is 7. The number of nitrogens with one attached hydrogen (secondary N) is 1. The number of amides is 2. The van der Waals surface area contributed by atoms with Gasteiger partial charge in [-0.05, 0) is 49.9 Å². The Morgan fingerprint density at radius 1 is 1.00 bits per heavy atom. The van der Waals surface area contributed by atoms with Gasteiger partial charge in [0.05, 0.1) is 0 Å². The Morgan fingerprint density at radius 3 is 1.95 bits per heavy atom. The third-order valence-electron chi connectivity index (χ3n) is 3.32. The van der Waals surface area contributed by atoms with E-state index in [-0.39, 0.29) is 6.03 Å². The molecule has 0 radical (unpaired) electrons. The van der Waals surface area contributed by atoms with E-state index < -0.39 is 0 Å².